The van der Waals surface area contributed by atoms with E-state index in [1.165, 1.54) is 20.8 Å². The molecule has 1 N–H and O–H groups in total. The summed E-state index contributed by atoms with van der Waals surface area (Å²) >= 11 is 0. The predicted molar refractivity (Wildman–Crippen MR) is 95.9 cm³/mol. The maximum Gasteiger partial charge on any atom is 0.167 e. The van der Waals surface area contributed by atoms with Crippen molar-refractivity contribution < 1.29 is 24.2 Å². The Morgan fingerprint density at radius 3 is 1.72 bits per heavy atom. The molecule has 0 aliphatic rings. The molecule has 0 spiro atoms. The van der Waals surface area contributed by atoms with E-state index in [-0.39, 0.29) is 24.8 Å². The Labute approximate surface area is 148 Å². The summed E-state index contributed by atoms with van der Waals surface area (Å²) in [6, 6.07) is 18.4. The molecule has 5 nitrogen and oxygen atoms in total. The van der Waals surface area contributed by atoms with Gasteiger partial charge in [-0.2, -0.15) is 0 Å². The van der Waals surface area contributed by atoms with Gasteiger partial charge in [0.15, 0.2) is 17.2 Å². The van der Waals surface area contributed by atoms with E-state index in [0.717, 1.165) is 5.75 Å². The molecule has 0 aliphatic heterocycles. The molecule has 2 rings (SSSR count). The molecular weight excluding hydrogens is 320 g/mol. The number of Topliss-reactive ketones (excluding diaryl/α,β-unsaturated/α-hetero) is 2. The van der Waals surface area contributed by atoms with Crippen molar-refractivity contribution in [1.82, 2.24) is 0 Å². The maximum absolute atomic E-state index is 11.0. The summed E-state index contributed by atoms with van der Waals surface area (Å²) in [5.41, 5.74) is -1.41. The normalized spacial score (nSPS) is 12.2. The zero-order valence-corrected chi connectivity index (χ0v) is 14.8. The fourth-order valence-corrected chi connectivity index (χ4v) is 1.54. The Bertz CT molecular complexity index is 650. The van der Waals surface area contributed by atoms with Crippen LogP contribution in [0.15, 0.2) is 60.7 Å². The highest BCUT2D eigenvalue weighted by atomic mass is 16.5. The summed E-state index contributed by atoms with van der Waals surface area (Å²) in [7, 11) is 0. The van der Waals surface area contributed by atoms with Crippen LogP contribution in [0.2, 0.25) is 0 Å². The van der Waals surface area contributed by atoms with Crippen molar-refractivity contribution in [2.45, 2.75) is 26.4 Å². The zero-order chi connectivity index (χ0) is 18.7. The van der Waals surface area contributed by atoms with E-state index in [9.17, 15) is 14.7 Å². The lowest BCUT2D eigenvalue weighted by atomic mass is 10.0. The lowest BCUT2D eigenvalue weighted by Crippen LogP contribution is -2.39. The second kappa shape index (κ2) is 10.3. The first-order chi connectivity index (χ1) is 11.8. The summed E-state index contributed by atoms with van der Waals surface area (Å²) < 4.78 is 10.4. The van der Waals surface area contributed by atoms with Crippen LogP contribution in [0, 0.1) is 0 Å². The Hall–Kier alpha value is -2.66. The highest BCUT2D eigenvalue weighted by Gasteiger charge is 2.27. The summed E-state index contributed by atoms with van der Waals surface area (Å²) in [5.74, 6) is 1.12. The minimum Gasteiger partial charge on any atom is -0.490 e. The second-order valence-corrected chi connectivity index (χ2v) is 5.74. The summed E-state index contributed by atoms with van der Waals surface area (Å²) in [6.07, 6.45) is 0. The van der Waals surface area contributed by atoms with Crippen LogP contribution in [0.3, 0.4) is 0 Å². The largest absolute Gasteiger partial charge is 0.490 e. The lowest BCUT2D eigenvalue weighted by Gasteiger charge is -2.19. The summed E-state index contributed by atoms with van der Waals surface area (Å²) in [6.45, 7) is 4.42. The number of hydrogen-bond acceptors (Lipinski definition) is 5. The summed E-state index contributed by atoms with van der Waals surface area (Å²) in [5, 5.41) is 9.58. The van der Waals surface area contributed by atoms with Crippen molar-refractivity contribution in [3.63, 3.8) is 0 Å². The standard InChI is InChI=1S/C11H14O3.C9H10O2/c1-9(12)11(2,13)8-14-10-6-4-3-5-7-10;1-8(10)7-11-9-5-3-2-4-6-9/h3-7,13H,8H2,1-2H3;2-6H,7H2,1H3. The third-order valence-electron chi connectivity index (χ3n) is 3.21. The third kappa shape index (κ3) is 8.67. The molecule has 0 radical (unpaired) electrons. The zero-order valence-electron chi connectivity index (χ0n) is 14.8. The quantitative estimate of drug-likeness (QED) is 0.836. The van der Waals surface area contributed by atoms with Crippen LogP contribution in [-0.4, -0.2) is 35.5 Å². The van der Waals surface area contributed by atoms with Gasteiger partial charge in [-0.05, 0) is 45.0 Å². The van der Waals surface area contributed by atoms with Gasteiger partial charge in [0.25, 0.3) is 0 Å². The van der Waals surface area contributed by atoms with Crippen LogP contribution >= 0.6 is 0 Å². The topological polar surface area (TPSA) is 72.8 Å². The molecule has 134 valence electrons. The molecule has 2 aromatic carbocycles. The SMILES string of the molecule is CC(=O)C(C)(O)COc1ccccc1.CC(=O)COc1ccccc1. The van der Waals surface area contributed by atoms with E-state index < -0.39 is 5.60 Å². The van der Waals surface area contributed by atoms with E-state index in [1.807, 2.05) is 48.5 Å². The number of hydrogen-bond donors (Lipinski definition) is 1. The Balaban J connectivity index is 0.000000257. The molecule has 0 amide bonds. The number of ether oxygens (including phenoxy) is 2. The number of para-hydroxylation sites is 2. The van der Waals surface area contributed by atoms with Crippen LogP contribution in [0.25, 0.3) is 0 Å². The minimum atomic E-state index is -1.41. The lowest BCUT2D eigenvalue weighted by molar-refractivity contribution is -0.136. The molecule has 1 unspecified atom stereocenters. The monoisotopic (exact) mass is 344 g/mol. The molecule has 0 heterocycles. The number of aliphatic hydroxyl groups is 1. The van der Waals surface area contributed by atoms with Gasteiger partial charge in [-0.25, -0.2) is 0 Å². The molecule has 5 heteroatoms. The molecule has 0 aromatic heterocycles. The van der Waals surface area contributed by atoms with Gasteiger partial charge < -0.3 is 14.6 Å². The molecule has 0 fully saturated rings. The number of carbonyl (C=O) groups excluding carboxylic acids is 2. The molecule has 0 saturated heterocycles. The molecule has 1 atom stereocenters. The van der Waals surface area contributed by atoms with Crippen LogP contribution in [0.1, 0.15) is 20.8 Å². The Morgan fingerprint density at radius 1 is 0.880 bits per heavy atom. The van der Waals surface area contributed by atoms with Crippen LogP contribution < -0.4 is 9.47 Å². The number of ketones is 2. The van der Waals surface area contributed by atoms with E-state index >= 15 is 0 Å². The van der Waals surface area contributed by atoms with Crippen LogP contribution in [0.4, 0.5) is 0 Å². The van der Waals surface area contributed by atoms with Gasteiger partial charge in [0, 0.05) is 0 Å². The van der Waals surface area contributed by atoms with E-state index in [4.69, 9.17) is 9.47 Å². The molecule has 0 saturated carbocycles. The fraction of sp³-hybridized carbons (Fsp3) is 0.300. The Morgan fingerprint density at radius 2 is 1.32 bits per heavy atom. The van der Waals surface area contributed by atoms with Crippen molar-refractivity contribution in [3.8, 4) is 11.5 Å². The minimum absolute atomic E-state index is 0.0215. The predicted octanol–water partition coefficient (Wildman–Crippen LogP) is 3.06. The molecule has 2 aromatic rings. The second-order valence-electron chi connectivity index (χ2n) is 5.74. The van der Waals surface area contributed by atoms with Crippen molar-refractivity contribution in [1.29, 1.82) is 0 Å². The van der Waals surface area contributed by atoms with Crippen molar-refractivity contribution in [2.24, 2.45) is 0 Å². The average molecular weight is 344 g/mol. The third-order valence-corrected chi connectivity index (χ3v) is 3.21. The number of rotatable bonds is 7. The first kappa shape index (κ1) is 20.4. The van der Waals surface area contributed by atoms with Crippen molar-refractivity contribution >= 4 is 11.6 Å². The van der Waals surface area contributed by atoms with Gasteiger partial charge in [0.05, 0.1) is 0 Å². The Kier molecular flexibility index (Phi) is 8.36. The maximum atomic E-state index is 11.0. The molecule has 25 heavy (non-hydrogen) atoms. The number of carbonyl (C=O) groups is 2. The van der Waals surface area contributed by atoms with Gasteiger partial charge >= 0.3 is 0 Å². The van der Waals surface area contributed by atoms with Crippen LogP contribution in [-0.2, 0) is 9.59 Å². The summed E-state index contributed by atoms with van der Waals surface area (Å²) in [4.78, 5) is 21.4. The van der Waals surface area contributed by atoms with Gasteiger partial charge in [-0.3, -0.25) is 9.59 Å². The van der Waals surface area contributed by atoms with Crippen molar-refractivity contribution in [2.75, 3.05) is 13.2 Å². The first-order valence-electron chi connectivity index (χ1n) is 7.90. The van der Waals surface area contributed by atoms with Crippen LogP contribution in [0.5, 0.6) is 11.5 Å². The van der Waals surface area contributed by atoms with Gasteiger partial charge in [-0.1, -0.05) is 36.4 Å². The average Bonchev–Trinajstić information content (AvgIpc) is 2.60. The van der Waals surface area contributed by atoms with Gasteiger partial charge in [0.1, 0.15) is 24.7 Å². The van der Waals surface area contributed by atoms with Crippen molar-refractivity contribution in [3.05, 3.63) is 60.7 Å². The number of benzene rings is 2. The smallest absolute Gasteiger partial charge is 0.167 e. The first-order valence-corrected chi connectivity index (χ1v) is 7.90. The highest BCUT2D eigenvalue weighted by Crippen LogP contribution is 2.12. The van der Waals surface area contributed by atoms with E-state index in [0.29, 0.717) is 5.75 Å². The van der Waals surface area contributed by atoms with Gasteiger partial charge in [-0.15, -0.1) is 0 Å². The fourth-order valence-electron chi connectivity index (χ4n) is 1.54. The molecule has 0 bridgehead atoms. The van der Waals surface area contributed by atoms with Gasteiger partial charge in [0.2, 0.25) is 0 Å². The molecule has 0 aliphatic carbocycles. The highest BCUT2D eigenvalue weighted by molar-refractivity contribution is 5.84. The van der Waals surface area contributed by atoms with E-state index in [1.54, 1.807) is 12.1 Å². The molecular formula is C20H24O5. The van der Waals surface area contributed by atoms with E-state index in [2.05, 4.69) is 0 Å².